The molecule has 4 aromatic carbocycles. The number of phenolic OH excluding ortho intramolecular Hbond substituents is 1. The Balaban J connectivity index is 1.41. The lowest BCUT2D eigenvalue weighted by Gasteiger charge is -2.21. The predicted octanol–water partition coefficient (Wildman–Crippen LogP) is 5.06. The first-order valence-electron chi connectivity index (χ1n) is 13.8. The minimum absolute atomic E-state index is 0.0205. The number of amides is 2. The fourth-order valence-electron chi connectivity index (χ4n) is 4.10. The van der Waals surface area contributed by atoms with E-state index in [1.807, 2.05) is 91.0 Å². The quantitative estimate of drug-likeness (QED) is 0.188. The van der Waals surface area contributed by atoms with Crippen LogP contribution in [0.5, 0.6) is 11.5 Å². The molecule has 0 aliphatic heterocycles. The molecule has 9 heteroatoms. The molecule has 2 amide bonds. The van der Waals surface area contributed by atoms with Crippen molar-refractivity contribution in [2.45, 2.75) is 45.2 Å². The lowest BCUT2D eigenvalue weighted by Crippen LogP contribution is -2.51. The summed E-state index contributed by atoms with van der Waals surface area (Å²) < 4.78 is 16.5. The smallest absolute Gasteiger partial charge is 0.408 e. The Kier molecular flexibility index (Phi) is 11.1. The molecule has 222 valence electrons. The molecular weight excluding hydrogens is 548 g/mol. The Morgan fingerprint density at radius 2 is 1.21 bits per heavy atom. The second kappa shape index (κ2) is 15.6. The number of hydrogen-bond acceptors (Lipinski definition) is 7. The largest absolute Gasteiger partial charge is 0.504 e. The number of hydrogen-bond donors (Lipinski definition) is 3. The van der Waals surface area contributed by atoms with E-state index < -0.39 is 30.1 Å². The standard InChI is InChI=1S/C34H34N2O7/c1-24(35-34(40)43-23-27-15-9-4-10-16-27)32(38)36-29(33(39)42-22-26-13-7-3-8-14-26)19-28-17-18-30(37)31(20-28)41-21-25-11-5-2-6-12-25/h2-18,20,24,29,37H,19,21-23H2,1H3,(H,35,40)(H,36,38)/t24-,29-/m0/s1. The number of carbonyl (C=O) groups excluding carboxylic acids is 3. The number of carbonyl (C=O) groups is 3. The van der Waals surface area contributed by atoms with E-state index in [2.05, 4.69) is 10.6 Å². The molecule has 2 atom stereocenters. The summed E-state index contributed by atoms with van der Waals surface area (Å²) in [4.78, 5) is 38.5. The van der Waals surface area contributed by atoms with Crippen LogP contribution in [0.3, 0.4) is 0 Å². The number of esters is 1. The van der Waals surface area contributed by atoms with Gasteiger partial charge in [-0.1, -0.05) is 97.1 Å². The molecule has 4 aromatic rings. The number of alkyl carbamates (subject to hydrolysis) is 1. The third kappa shape index (κ3) is 9.93. The SMILES string of the molecule is C[C@H](NC(=O)OCc1ccccc1)C(=O)N[C@@H](Cc1ccc(O)c(OCc2ccccc2)c1)C(=O)OCc1ccccc1. The van der Waals surface area contributed by atoms with Crippen molar-refractivity contribution in [3.8, 4) is 11.5 Å². The van der Waals surface area contributed by atoms with Crippen LogP contribution in [0.4, 0.5) is 4.79 Å². The first-order chi connectivity index (χ1) is 20.9. The average molecular weight is 583 g/mol. The first-order valence-corrected chi connectivity index (χ1v) is 13.8. The first kappa shape index (κ1) is 30.6. The summed E-state index contributed by atoms with van der Waals surface area (Å²) in [6, 6.07) is 30.4. The van der Waals surface area contributed by atoms with E-state index in [0.29, 0.717) is 5.56 Å². The molecule has 0 fully saturated rings. The van der Waals surface area contributed by atoms with Gasteiger partial charge in [-0.3, -0.25) is 4.79 Å². The maximum atomic E-state index is 13.2. The van der Waals surface area contributed by atoms with Gasteiger partial charge in [-0.2, -0.15) is 0 Å². The molecule has 0 unspecified atom stereocenters. The number of nitrogens with one attached hydrogen (secondary N) is 2. The average Bonchev–Trinajstić information content (AvgIpc) is 3.04. The number of benzene rings is 4. The van der Waals surface area contributed by atoms with Gasteiger partial charge in [0.1, 0.15) is 31.9 Å². The van der Waals surface area contributed by atoms with E-state index in [1.54, 1.807) is 12.1 Å². The van der Waals surface area contributed by atoms with Crippen LogP contribution < -0.4 is 15.4 Å². The molecule has 0 saturated carbocycles. The van der Waals surface area contributed by atoms with Crippen LogP contribution in [-0.2, 0) is 45.3 Å². The minimum atomic E-state index is -1.09. The molecule has 3 N–H and O–H groups in total. The lowest BCUT2D eigenvalue weighted by atomic mass is 10.0. The summed E-state index contributed by atoms with van der Waals surface area (Å²) in [6.45, 7) is 1.79. The van der Waals surface area contributed by atoms with Gasteiger partial charge in [0.2, 0.25) is 5.91 Å². The predicted molar refractivity (Wildman–Crippen MR) is 160 cm³/mol. The molecule has 0 heterocycles. The fraction of sp³-hybridized carbons (Fsp3) is 0.206. The van der Waals surface area contributed by atoms with E-state index in [1.165, 1.54) is 13.0 Å². The number of aromatic hydroxyl groups is 1. The maximum Gasteiger partial charge on any atom is 0.408 e. The Morgan fingerprint density at radius 3 is 1.79 bits per heavy atom. The third-order valence-corrected chi connectivity index (χ3v) is 6.47. The molecule has 0 bridgehead atoms. The Labute approximate surface area is 250 Å². The molecule has 0 aliphatic carbocycles. The van der Waals surface area contributed by atoms with Crippen LogP contribution >= 0.6 is 0 Å². The topological polar surface area (TPSA) is 123 Å². The molecular formula is C34H34N2O7. The normalized spacial score (nSPS) is 11.9. The fourth-order valence-corrected chi connectivity index (χ4v) is 4.10. The van der Waals surface area contributed by atoms with Crippen LogP contribution in [-0.4, -0.2) is 35.2 Å². The summed E-state index contributed by atoms with van der Waals surface area (Å²) in [7, 11) is 0. The molecule has 0 aromatic heterocycles. The van der Waals surface area contributed by atoms with Gasteiger partial charge in [0, 0.05) is 6.42 Å². The molecule has 0 aliphatic rings. The molecule has 0 saturated heterocycles. The van der Waals surface area contributed by atoms with Crippen LogP contribution in [0.1, 0.15) is 29.2 Å². The maximum absolute atomic E-state index is 13.2. The number of phenols is 1. The van der Waals surface area contributed by atoms with E-state index in [4.69, 9.17) is 14.2 Å². The Hall–Kier alpha value is -5.31. The second-order valence-corrected chi connectivity index (χ2v) is 9.86. The van der Waals surface area contributed by atoms with Gasteiger partial charge in [-0.25, -0.2) is 9.59 Å². The van der Waals surface area contributed by atoms with Gasteiger partial charge in [0.05, 0.1) is 0 Å². The van der Waals surface area contributed by atoms with Crippen molar-refractivity contribution in [2.75, 3.05) is 0 Å². The van der Waals surface area contributed by atoms with Crippen molar-refractivity contribution < 1.29 is 33.7 Å². The zero-order chi connectivity index (χ0) is 30.4. The highest BCUT2D eigenvalue weighted by molar-refractivity contribution is 5.89. The van der Waals surface area contributed by atoms with E-state index in [-0.39, 0.29) is 37.7 Å². The van der Waals surface area contributed by atoms with Gasteiger partial charge in [-0.15, -0.1) is 0 Å². The Bertz CT molecular complexity index is 1480. The summed E-state index contributed by atoms with van der Waals surface area (Å²) in [5, 5.41) is 15.5. The highest BCUT2D eigenvalue weighted by Gasteiger charge is 2.27. The summed E-state index contributed by atoms with van der Waals surface area (Å²) in [5.41, 5.74) is 3.13. The summed E-state index contributed by atoms with van der Waals surface area (Å²) in [5.74, 6) is -1.08. The Morgan fingerprint density at radius 1 is 0.674 bits per heavy atom. The lowest BCUT2D eigenvalue weighted by molar-refractivity contribution is -0.149. The number of rotatable bonds is 13. The second-order valence-electron chi connectivity index (χ2n) is 9.86. The molecule has 0 radical (unpaired) electrons. The monoisotopic (exact) mass is 582 g/mol. The van der Waals surface area contributed by atoms with Gasteiger partial charge < -0.3 is 30.0 Å². The number of ether oxygens (including phenoxy) is 3. The zero-order valence-electron chi connectivity index (χ0n) is 23.8. The summed E-state index contributed by atoms with van der Waals surface area (Å²) >= 11 is 0. The molecule has 43 heavy (non-hydrogen) atoms. The van der Waals surface area contributed by atoms with Crippen LogP contribution in [0.25, 0.3) is 0 Å². The van der Waals surface area contributed by atoms with E-state index >= 15 is 0 Å². The summed E-state index contributed by atoms with van der Waals surface area (Å²) in [6.07, 6.45) is -0.722. The van der Waals surface area contributed by atoms with Gasteiger partial charge >= 0.3 is 12.1 Å². The van der Waals surface area contributed by atoms with Crippen molar-refractivity contribution in [1.82, 2.24) is 10.6 Å². The van der Waals surface area contributed by atoms with Gasteiger partial charge in [0.25, 0.3) is 0 Å². The van der Waals surface area contributed by atoms with Crippen molar-refractivity contribution in [1.29, 1.82) is 0 Å². The van der Waals surface area contributed by atoms with Crippen LogP contribution in [0, 0.1) is 0 Å². The highest BCUT2D eigenvalue weighted by atomic mass is 16.5. The van der Waals surface area contributed by atoms with Gasteiger partial charge in [-0.05, 0) is 41.3 Å². The van der Waals surface area contributed by atoms with E-state index in [0.717, 1.165) is 16.7 Å². The van der Waals surface area contributed by atoms with Crippen LogP contribution in [0.15, 0.2) is 109 Å². The molecule has 9 nitrogen and oxygen atoms in total. The van der Waals surface area contributed by atoms with Crippen molar-refractivity contribution in [3.63, 3.8) is 0 Å². The zero-order valence-corrected chi connectivity index (χ0v) is 23.8. The van der Waals surface area contributed by atoms with Crippen molar-refractivity contribution in [3.05, 3.63) is 131 Å². The highest BCUT2D eigenvalue weighted by Crippen LogP contribution is 2.28. The van der Waals surface area contributed by atoms with Crippen molar-refractivity contribution in [2.24, 2.45) is 0 Å². The van der Waals surface area contributed by atoms with Gasteiger partial charge in [0.15, 0.2) is 11.5 Å². The molecule has 0 spiro atoms. The van der Waals surface area contributed by atoms with Crippen LogP contribution in [0.2, 0.25) is 0 Å². The van der Waals surface area contributed by atoms with Crippen molar-refractivity contribution >= 4 is 18.0 Å². The molecule has 4 rings (SSSR count). The minimum Gasteiger partial charge on any atom is -0.504 e. The third-order valence-electron chi connectivity index (χ3n) is 6.47. The van der Waals surface area contributed by atoms with E-state index in [9.17, 15) is 19.5 Å².